The summed E-state index contributed by atoms with van der Waals surface area (Å²) in [7, 11) is 0. The number of hydrogen-bond donors (Lipinski definition) is 1. The van der Waals surface area contributed by atoms with Crippen LogP contribution in [0.1, 0.15) is 47.0 Å². The van der Waals surface area contributed by atoms with Crippen LogP contribution in [0.25, 0.3) is 0 Å². The molecule has 0 aliphatic heterocycles. The second-order valence-electron chi connectivity index (χ2n) is 5.80. The smallest absolute Gasteiger partial charge is 0.156 e. The molecule has 100 valence electrons. The van der Waals surface area contributed by atoms with Crippen LogP contribution in [-0.2, 0) is 0 Å². The Hall–Kier alpha value is -0.180. The van der Waals surface area contributed by atoms with E-state index >= 15 is 0 Å². The third kappa shape index (κ3) is 4.90. The molecule has 2 atom stereocenters. The van der Waals surface area contributed by atoms with Gasteiger partial charge in [-0.1, -0.05) is 45.9 Å². The van der Waals surface area contributed by atoms with E-state index in [-0.39, 0.29) is 0 Å². The summed E-state index contributed by atoms with van der Waals surface area (Å²) in [5, 5.41) is 4.80. The van der Waals surface area contributed by atoms with Crippen molar-refractivity contribution in [1.29, 1.82) is 0 Å². The van der Waals surface area contributed by atoms with Gasteiger partial charge in [-0.3, -0.25) is 4.99 Å². The molecule has 1 saturated carbocycles. The van der Waals surface area contributed by atoms with E-state index in [1.165, 1.54) is 19.3 Å². The predicted molar refractivity (Wildman–Crippen MR) is 79.8 cm³/mol. The Morgan fingerprint density at radius 2 is 1.88 bits per heavy atom. The van der Waals surface area contributed by atoms with Crippen molar-refractivity contribution >= 4 is 16.9 Å². The second kappa shape index (κ2) is 7.30. The zero-order chi connectivity index (χ0) is 12.8. The molecule has 2 unspecified atom stereocenters. The quantitative estimate of drug-likeness (QED) is 0.614. The number of amidine groups is 1. The van der Waals surface area contributed by atoms with Gasteiger partial charge < -0.3 is 5.32 Å². The van der Waals surface area contributed by atoms with E-state index in [0.29, 0.717) is 12.0 Å². The average molecular weight is 256 g/mol. The molecule has 0 heterocycles. The molecule has 1 aliphatic rings. The van der Waals surface area contributed by atoms with Crippen molar-refractivity contribution in [3.63, 3.8) is 0 Å². The fourth-order valence-electron chi connectivity index (χ4n) is 2.54. The van der Waals surface area contributed by atoms with Crippen LogP contribution in [0, 0.1) is 17.8 Å². The summed E-state index contributed by atoms with van der Waals surface area (Å²) in [6.45, 7) is 10.1. The van der Waals surface area contributed by atoms with E-state index in [2.05, 4.69) is 44.3 Å². The molecule has 0 aromatic heterocycles. The maximum atomic E-state index is 4.67. The normalized spacial score (nSPS) is 30.7. The van der Waals surface area contributed by atoms with Crippen LogP contribution in [0.5, 0.6) is 0 Å². The molecule has 0 bridgehead atoms. The van der Waals surface area contributed by atoms with Gasteiger partial charge in [0.1, 0.15) is 0 Å². The molecule has 0 radical (unpaired) electrons. The van der Waals surface area contributed by atoms with Gasteiger partial charge in [-0.2, -0.15) is 0 Å². The predicted octanol–water partition coefficient (Wildman–Crippen LogP) is 3.78. The minimum absolute atomic E-state index is 0.613. The van der Waals surface area contributed by atoms with E-state index in [4.69, 9.17) is 0 Å². The lowest BCUT2D eigenvalue weighted by molar-refractivity contribution is 0.232. The third-order valence-electron chi connectivity index (χ3n) is 3.63. The maximum absolute atomic E-state index is 4.67. The molecular weight excluding hydrogens is 228 g/mol. The van der Waals surface area contributed by atoms with Gasteiger partial charge >= 0.3 is 0 Å². The van der Waals surface area contributed by atoms with Gasteiger partial charge in [-0.25, -0.2) is 0 Å². The van der Waals surface area contributed by atoms with Gasteiger partial charge in [-0.05, 0) is 36.9 Å². The first-order valence-corrected chi connectivity index (χ1v) is 8.12. The van der Waals surface area contributed by atoms with Crippen LogP contribution in [-0.4, -0.2) is 24.0 Å². The van der Waals surface area contributed by atoms with Crippen LogP contribution < -0.4 is 5.32 Å². The number of hydrogen-bond acceptors (Lipinski definition) is 2. The highest BCUT2D eigenvalue weighted by Gasteiger charge is 2.28. The van der Waals surface area contributed by atoms with Gasteiger partial charge in [-0.15, -0.1) is 0 Å². The molecule has 1 fully saturated rings. The van der Waals surface area contributed by atoms with Gasteiger partial charge in [0.25, 0.3) is 0 Å². The molecule has 1 N–H and O–H groups in total. The highest BCUT2D eigenvalue weighted by Crippen LogP contribution is 2.29. The molecule has 0 amide bonds. The molecule has 1 aliphatic carbocycles. The minimum Gasteiger partial charge on any atom is -0.362 e. The topological polar surface area (TPSA) is 24.4 Å². The van der Waals surface area contributed by atoms with Crippen LogP contribution in [0.4, 0.5) is 0 Å². The van der Waals surface area contributed by atoms with E-state index in [9.17, 15) is 0 Å². The molecule has 1 rings (SSSR count). The number of aliphatic imine (C=N–C) groups is 1. The summed E-state index contributed by atoms with van der Waals surface area (Å²) in [6, 6.07) is 0.613. The highest BCUT2D eigenvalue weighted by atomic mass is 32.2. The molecular formula is C14H28N2S. The lowest BCUT2D eigenvalue weighted by Crippen LogP contribution is -2.45. The summed E-state index contributed by atoms with van der Waals surface area (Å²) in [5.41, 5.74) is 0. The van der Waals surface area contributed by atoms with Crippen LogP contribution in [0.3, 0.4) is 0 Å². The zero-order valence-corrected chi connectivity index (χ0v) is 12.8. The van der Waals surface area contributed by atoms with Crippen molar-refractivity contribution in [3.8, 4) is 0 Å². The Morgan fingerprint density at radius 1 is 1.29 bits per heavy atom. The number of nitrogens with zero attached hydrogens (tertiary/aromatic N) is 1. The van der Waals surface area contributed by atoms with Crippen molar-refractivity contribution in [1.82, 2.24) is 5.32 Å². The zero-order valence-electron chi connectivity index (χ0n) is 12.0. The fourth-order valence-corrected chi connectivity index (χ4v) is 3.00. The molecule has 3 heteroatoms. The fraction of sp³-hybridized carbons (Fsp3) is 0.929. The van der Waals surface area contributed by atoms with Crippen molar-refractivity contribution in [3.05, 3.63) is 0 Å². The second-order valence-corrected chi connectivity index (χ2v) is 6.59. The van der Waals surface area contributed by atoms with Gasteiger partial charge in [0.05, 0.1) is 0 Å². The molecule has 0 saturated heterocycles. The van der Waals surface area contributed by atoms with E-state index < -0.39 is 0 Å². The lowest BCUT2D eigenvalue weighted by atomic mass is 9.79. The Morgan fingerprint density at radius 3 is 2.35 bits per heavy atom. The van der Waals surface area contributed by atoms with Crippen molar-refractivity contribution in [2.45, 2.75) is 53.0 Å². The summed E-state index contributed by atoms with van der Waals surface area (Å²) in [6.07, 6.45) is 6.21. The molecule has 17 heavy (non-hydrogen) atoms. The Bertz CT molecular complexity index is 241. The molecule has 2 nitrogen and oxygen atoms in total. The average Bonchev–Trinajstić information content (AvgIpc) is 2.27. The number of nitrogens with one attached hydrogen (secondary N) is 1. The van der Waals surface area contributed by atoms with Crippen molar-refractivity contribution in [2.75, 3.05) is 12.8 Å². The van der Waals surface area contributed by atoms with Crippen LogP contribution >= 0.6 is 11.8 Å². The third-order valence-corrected chi connectivity index (χ3v) is 4.26. The van der Waals surface area contributed by atoms with Crippen LogP contribution in [0.2, 0.25) is 0 Å². The van der Waals surface area contributed by atoms with E-state index in [1.54, 1.807) is 11.8 Å². The minimum atomic E-state index is 0.613. The SMILES string of the molecule is CSC(=NCC(C)C)NC1C(C)CCCC1C. The lowest BCUT2D eigenvalue weighted by Gasteiger charge is -2.35. The van der Waals surface area contributed by atoms with E-state index in [1.807, 2.05) is 0 Å². The maximum Gasteiger partial charge on any atom is 0.156 e. The van der Waals surface area contributed by atoms with Crippen molar-refractivity contribution < 1.29 is 0 Å². The summed E-state index contributed by atoms with van der Waals surface area (Å²) in [4.78, 5) is 4.67. The van der Waals surface area contributed by atoms with Crippen LogP contribution in [0.15, 0.2) is 4.99 Å². The van der Waals surface area contributed by atoms with Gasteiger partial charge in [0.2, 0.25) is 0 Å². The Kier molecular flexibility index (Phi) is 6.39. The van der Waals surface area contributed by atoms with Gasteiger partial charge in [0, 0.05) is 12.6 Å². The standard InChI is InChI=1S/C14H28N2S/c1-10(2)9-15-14(17-5)16-13-11(3)7-6-8-12(13)4/h10-13H,6-9H2,1-5H3,(H,15,16). The molecule has 0 aromatic carbocycles. The first kappa shape index (κ1) is 14.9. The monoisotopic (exact) mass is 256 g/mol. The van der Waals surface area contributed by atoms with E-state index in [0.717, 1.165) is 23.5 Å². The molecule has 0 spiro atoms. The summed E-state index contributed by atoms with van der Waals surface area (Å²) >= 11 is 1.75. The number of rotatable bonds is 3. The molecule has 0 aromatic rings. The van der Waals surface area contributed by atoms with Crippen molar-refractivity contribution in [2.24, 2.45) is 22.7 Å². The summed E-state index contributed by atoms with van der Waals surface area (Å²) < 4.78 is 0. The summed E-state index contributed by atoms with van der Waals surface area (Å²) in [5.74, 6) is 2.19. The Labute approximate surface area is 111 Å². The first-order valence-electron chi connectivity index (χ1n) is 6.89. The van der Waals surface area contributed by atoms with Gasteiger partial charge in [0.15, 0.2) is 5.17 Å². The highest BCUT2D eigenvalue weighted by molar-refractivity contribution is 8.13. The number of thioether (sulfide) groups is 1. The Balaban J connectivity index is 2.56. The largest absolute Gasteiger partial charge is 0.362 e. The first-order chi connectivity index (χ1) is 8.04.